The zero-order chi connectivity index (χ0) is 29.6. The molecule has 3 amide bonds. The largest absolute Gasteiger partial charge is 0.415 e. The molecule has 0 bridgehead atoms. The van der Waals surface area contributed by atoms with Gasteiger partial charge in [-0.1, -0.05) is 51.1 Å². The molecule has 13 nitrogen and oxygen atoms in total. The summed E-state index contributed by atoms with van der Waals surface area (Å²) in [6.45, 7) is 5.45. The van der Waals surface area contributed by atoms with E-state index in [9.17, 15) is 14.4 Å². The number of benzene rings is 2. The Kier molecular flexibility index (Phi) is 8.74. The van der Waals surface area contributed by atoms with Crippen LogP contribution in [0.5, 0.6) is 0 Å². The lowest BCUT2D eigenvalue weighted by Gasteiger charge is -2.30. The molecule has 0 saturated heterocycles. The summed E-state index contributed by atoms with van der Waals surface area (Å²) < 4.78 is 6.98. The molecular weight excluding hydrogens is 528 g/mol. The fraction of sp³-hybridized carbons (Fsp3) is 0.321. The molecule has 4 rings (SSSR count). The van der Waals surface area contributed by atoms with Crippen LogP contribution >= 0.6 is 0 Å². The van der Waals surface area contributed by atoms with Gasteiger partial charge in [0.15, 0.2) is 5.69 Å². The van der Waals surface area contributed by atoms with Gasteiger partial charge in [-0.2, -0.15) is 10.4 Å². The Morgan fingerprint density at radius 2 is 1.78 bits per heavy atom. The van der Waals surface area contributed by atoms with Gasteiger partial charge in [0, 0.05) is 11.9 Å². The highest BCUT2D eigenvalue weighted by molar-refractivity contribution is 6.06. The number of rotatable bonds is 10. The smallest absolute Gasteiger partial charge is 0.308 e. The lowest BCUT2D eigenvalue weighted by Crippen LogP contribution is -2.53. The Labute approximate surface area is 235 Å². The van der Waals surface area contributed by atoms with Gasteiger partial charge in [0.1, 0.15) is 6.04 Å². The number of carbonyl (C=O) groups excluding carboxylic acids is 3. The molecule has 0 saturated carbocycles. The summed E-state index contributed by atoms with van der Waals surface area (Å²) in [6, 6.07) is 15.6. The van der Waals surface area contributed by atoms with Crippen molar-refractivity contribution in [1.82, 2.24) is 35.9 Å². The van der Waals surface area contributed by atoms with Gasteiger partial charge in [-0.05, 0) is 29.2 Å². The van der Waals surface area contributed by atoms with Gasteiger partial charge >= 0.3 is 11.8 Å². The van der Waals surface area contributed by atoms with Gasteiger partial charge in [-0.15, -0.1) is 10.2 Å². The average Bonchev–Trinajstić information content (AvgIpc) is 3.58. The molecule has 0 fully saturated rings. The maximum absolute atomic E-state index is 13.5. The summed E-state index contributed by atoms with van der Waals surface area (Å²) in [4.78, 5) is 38.6. The van der Waals surface area contributed by atoms with Crippen LogP contribution in [0.15, 0.2) is 52.9 Å². The van der Waals surface area contributed by atoms with Crippen molar-refractivity contribution in [3.05, 3.63) is 77.1 Å². The summed E-state index contributed by atoms with van der Waals surface area (Å²) in [6.07, 6.45) is 0. The predicted molar refractivity (Wildman–Crippen MR) is 146 cm³/mol. The van der Waals surface area contributed by atoms with E-state index < -0.39 is 29.2 Å². The molecule has 0 unspecified atom stereocenters. The Hall–Kier alpha value is -5.09. The number of nitriles is 1. The number of fused-ring (bicyclic) bond motifs is 1. The van der Waals surface area contributed by atoms with Gasteiger partial charge in [-0.3, -0.25) is 19.1 Å². The van der Waals surface area contributed by atoms with Crippen molar-refractivity contribution in [3.63, 3.8) is 0 Å². The van der Waals surface area contributed by atoms with Crippen LogP contribution in [-0.2, 0) is 17.9 Å². The molecule has 4 aromatic rings. The van der Waals surface area contributed by atoms with Crippen LogP contribution in [0.3, 0.4) is 0 Å². The number of hydrogen-bond acceptors (Lipinski definition) is 9. The van der Waals surface area contributed by atoms with E-state index in [0.29, 0.717) is 17.5 Å². The fourth-order valence-electron chi connectivity index (χ4n) is 4.07. The second-order valence-corrected chi connectivity index (χ2v) is 10.3. The van der Waals surface area contributed by atoms with E-state index in [2.05, 4.69) is 37.3 Å². The van der Waals surface area contributed by atoms with E-state index in [1.165, 1.54) is 0 Å². The van der Waals surface area contributed by atoms with Crippen LogP contribution in [0.2, 0.25) is 0 Å². The normalized spacial score (nSPS) is 12.0. The first-order chi connectivity index (χ1) is 19.6. The molecule has 2 aromatic carbocycles. The quantitative estimate of drug-likeness (QED) is 0.224. The van der Waals surface area contributed by atoms with Crippen LogP contribution < -0.4 is 16.0 Å². The molecule has 0 radical (unpaired) electrons. The van der Waals surface area contributed by atoms with Crippen molar-refractivity contribution >= 4 is 28.6 Å². The first-order valence-corrected chi connectivity index (χ1v) is 12.9. The molecular formula is C28H30N8O5. The summed E-state index contributed by atoms with van der Waals surface area (Å²) in [5.74, 6) is -1.95. The molecule has 2 heterocycles. The summed E-state index contributed by atoms with van der Waals surface area (Å²) in [7, 11) is 0. The number of para-hydroxylation sites is 1. The molecule has 41 heavy (non-hydrogen) atoms. The Balaban J connectivity index is 1.49. The predicted octanol–water partition coefficient (Wildman–Crippen LogP) is 1.52. The zero-order valence-electron chi connectivity index (χ0n) is 22.8. The molecule has 0 aliphatic heterocycles. The first-order valence-electron chi connectivity index (χ1n) is 12.9. The number of nitrogens with zero attached hydrogens (tertiary/aromatic N) is 5. The molecule has 13 heteroatoms. The number of amides is 3. The Morgan fingerprint density at radius 3 is 2.46 bits per heavy atom. The number of hydrogen-bond donors (Lipinski definition) is 4. The second kappa shape index (κ2) is 12.4. The van der Waals surface area contributed by atoms with Crippen molar-refractivity contribution in [2.75, 3.05) is 13.2 Å². The monoisotopic (exact) mass is 558 g/mol. The lowest BCUT2D eigenvalue weighted by molar-refractivity contribution is -0.125. The van der Waals surface area contributed by atoms with Crippen molar-refractivity contribution in [2.24, 2.45) is 5.41 Å². The summed E-state index contributed by atoms with van der Waals surface area (Å²) >= 11 is 0. The standard InChI is InChI=1S/C28H30N8O5/c1-28(2,3)23(25(39)31-15-21-33-34-27(41-21)26(40)30-12-13-37)32-24(38)22-19-6-4-5-7-20(19)36(35-22)16-18-10-8-17(14-29)9-11-18/h4-11,23,37H,12-13,15-16H2,1-3H3,(H,30,40)(H,31,39)(H,32,38)/t23-/m1/s1. The Morgan fingerprint density at radius 1 is 1.05 bits per heavy atom. The fourth-order valence-corrected chi connectivity index (χ4v) is 4.07. The van der Waals surface area contributed by atoms with E-state index in [1.54, 1.807) is 22.9 Å². The topological polar surface area (TPSA) is 188 Å². The maximum Gasteiger partial charge on any atom is 0.308 e. The first kappa shape index (κ1) is 28.9. The maximum atomic E-state index is 13.5. The molecule has 212 valence electrons. The number of aromatic nitrogens is 4. The van der Waals surface area contributed by atoms with Crippen LogP contribution in [0, 0.1) is 16.7 Å². The Bertz CT molecular complexity index is 1590. The van der Waals surface area contributed by atoms with Gasteiger partial charge in [-0.25, -0.2) is 0 Å². The third kappa shape index (κ3) is 6.92. The minimum atomic E-state index is -0.951. The zero-order valence-corrected chi connectivity index (χ0v) is 22.8. The number of aliphatic hydroxyl groups is 1. The minimum absolute atomic E-state index is 0.000904. The van der Waals surface area contributed by atoms with E-state index in [-0.39, 0.29) is 37.2 Å². The van der Waals surface area contributed by atoms with Crippen LogP contribution in [-0.4, -0.2) is 62.0 Å². The van der Waals surface area contributed by atoms with Gasteiger partial charge in [0.25, 0.3) is 5.91 Å². The second-order valence-electron chi connectivity index (χ2n) is 10.3. The number of nitrogens with one attached hydrogen (secondary N) is 3. The summed E-state index contributed by atoms with van der Waals surface area (Å²) in [5, 5.41) is 38.4. The van der Waals surface area contributed by atoms with Crippen molar-refractivity contribution < 1.29 is 23.9 Å². The van der Waals surface area contributed by atoms with Crippen molar-refractivity contribution in [1.29, 1.82) is 5.26 Å². The minimum Gasteiger partial charge on any atom is -0.415 e. The van der Waals surface area contributed by atoms with Crippen LogP contribution in [0.4, 0.5) is 0 Å². The van der Waals surface area contributed by atoms with Crippen molar-refractivity contribution in [2.45, 2.75) is 39.9 Å². The highest BCUT2D eigenvalue weighted by Gasteiger charge is 2.34. The lowest BCUT2D eigenvalue weighted by atomic mass is 9.86. The van der Waals surface area contributed by atoms with Crippen molar-refractivity contribution in [3.8, 4) is 6.07 Å². The van der Waals surface area contributed by atoms with E-state index in [0.717, 1.165) is 11.1 Å². The van der Waals surface area contributed by atoms with Gasteiger partial charge in [0.05, 0.1) is 36.8 Å². The molecule has 2 aromatic heterocycles. The van der Waals surface area contributed by atoms with E-state index >= 15 is 0 Å². The SMILES string of the molecule is CC(C)(C)[C@H](NC(=O)c1nn(Cc2ccc(C#N)cc2)c2ccccc12)C(=O)NCc1nnc(C(=O)NCCO)o1. The van der Waals surface area contributed by atoms with Crippen LogP contribution in [0.25, 0.3) is 10.9 Å². The summed E-state index contributed by atoms with van der Waals surface area (Å²) in [5.41, 5.74) is 1.70. The van der Waals surface area contributed by atoms with Crippen LogP contribution in [0.1, 0.15) is 59.0 Å². The number of aliphatic hydroxyl groups excluding tert-OH is 1. The van der Waals surface area contributed by atoms with Gasteiger partial charge < -0.3 is 25.5 Å². The van der Waals surface area contributed by atoms with E-state index in [4.69, 9.17) is 14.8 Å². The average molecular weight is 559 g/mol. The highest BCUT2D eigenvalue weighted by atomic mass is 16.4. The van der Waals surface area contributed by atoms with E-state index in [1.807, 2.05) is 51.1 Å². The van der Waals surface area contributed by atoms with Gasteiger partial charge in [0.2, 0.25) is 11.8 Å². The third-order valence-electron chi connectivity index (χ3n) is 6.16. The molecule has 4 N–H and O–H groups in total. The number of carbonyl (C=O) groups is 3. The highest BCUT2D eigenvalue weighted by Crippen LogP contribution is 2.23. The molecule has 0 aliphatic rings. The molecule has 1 atom stereocenters. The molecule has 0 aliphatic carbocycles. The third-order valence-corrected chi connectivity index (χ3v) is 6.16. The molecule has 0 spiro atoms.